The van der Waals surface area contributed by atoms with Gasteiger partial charge in [0, 0.05) is 34.3 Å². The van der Waals surface area contributed by atoms with E-state index in [1.54, 1.807) is 0 Å². The van der Waals surface area contributed by atoms with Crippen LogP contribution in [0, 0.1) is 0 Å². The average Bonchev–Trinajstić information content (AvgIpc) is 2.34. The van der Waals surface area contributed by atoms with Crippen LogP contribution in [0.25, 0.3) is 0 Å². The Morgan fingerprint density at radius 1 is 1.53 bits per heavy atom. The summed E-state index contributed by atoms with van der Waals surface area (Å²) in [7, 11) is 2.17. The minimum Gasteiger partial charge on any atom is -0.315 e. The summed E-state index contributed by atoms with van der Waals surface area (Å²) in [6.45, 7) is 3.13. The minimum absolute atomic E-state index is 0.626. The Balaban J connectivity index is 1.99. The Kier molecular flexibility index (Phi) is 4.97. The molecule has 0 bridgehead atoms. The van der Waals surface area contributed by atoms with Crippen LogP contribution in [0.4, 0.5) is 0 Å². The van der Waals surface area contributed by atoms with Crippen molar-refractivity contribution < 1.29 is 0 Å². The number of hydrogen-bond acceptors (Lipinski definition) is 3. The molecule has 1 N–H and O–H groups in total. The number of nitrogens with one attached hydrogen (secondary N) is 1. The monoisotopic (exact) mass is 361 g/mol. The zero-order valence-electron chi connectivity index (χ0n) is 9.92. The second-order valence-corrected chi connectivity index (χ2v) is 6.27. The summed E-state index contributed by atoms with van der Waals surface area (Å²) in [6.07, 6.45) is 4.40. The van der Waals surface area contributed by atoms with Gasteiger partial charge in [0.1, 0.15) is 0 Å². The summed E-state index contributed by atoms with van der Waals surface area (Å²) in [4.78, 5) is 6.84. The Morgan fingerprint density at radius 2 is 2.35 bits per heavy atom. The van der Waals surface area contributed by atoms with Gasteiger partial charge in [-0.15, -0.1) is 0 Å². The van der Waals surface area contributed by atoms with E-state index in [-0.39, 0.29) is 0 Å². The number of aromatic nitrogens is 1. The molecule has 1 fully saturated rings. The van der Waals surface area contributed by atoms with E-state index in [2.05, 4.69) is 60.2 Å². The van der Waals surface area contributed by atoms with Gasteiger partial charge in [0.2, 0.25) is 0 Å². The predicted octanol–water partition coefficient (Wildman–Crippen LogP) is 2.79. The molecule has 1 saturated heterocycles. The standard InChI is InChI=1S/C12H17Br2N3/c1-17(10-3-2-4-15-7-10)8-12-11(14)5-9(13)6-16-12/h5-6,10,15H,2-4,7-8H2,1H3. The first-order chi connectivity index (χ1) is 8.16. The summed E-state index contributed by atoms with van der Waals surface area (Å²) in [5.41, 5.74) is 1.10. The first kappa shape index (κ1) is 13.5. The molecule has 3 nitrogen and oxygen atoms in total. The number of piperidine rings is 1. The summed E-state index contributed by atoms with van der Waals surface area (Å²) in [5, 5.41) is 3.44. The van der Waals surface area contributed by atoms with Crippen molar-refractivity contribution >= 4 is 31.9 Å². The van der Waals surface area contributed by atoms with E-state index < -0.39 is 0 Å². The average molecular weight is 363 g/mol. The normalized spacial score (nSPS) is 20.8. The molecule has 17 heavy (non-hydrogen) atoms. The van der Waals surface area contributed by atoms with Crippen LogP contribution in [0.15, 0.2) is 21.2 Å². The first-order valence-electron chi connectivity index (χ1n) is 5.87. The van der Waals surface area contributed by atoms with Crippen LogP contribution in [0.5, 0.6) is 0 Å². The molecule has 0 saturated carbocycles. The van der Waals surface area contributed by atoms with E-state index in [1.807, 2.05) is 6.20 Å². The van der Waals surface area contributed by atoms with Crippen LogP contribution in [-0.4, -0.2) is 36.1 Å². The molecule has 0 spiro atoms. The van der Waals surface area contributed by atoms with Gasteiger partial charge in [-0.05, 0) is 64.4 Å². The van der Waals surface area contributed by atoms with Gasteiger partial charge in [-0.2, -0.15) is 0 Å². The SMILES string of the molecule is CN(Cc1ncc(Br)cc1Br)C1CCCNC1. The number of likely N-dealkylation sites (N-methyl/N-ethyl adjacent to an activating group) is 1. The fourth-order valence-electron chi connectivity index (χ4n) is 2.13. The molecule has 0 amide bonds. The van der Waals surface area contributed by atoms with Crippen molar-refractivity contribution in [1.82, 2.24) is 15.2 Å². The molecule has 5 heteroatoms. The lowest BCUT2D eigenvalue weighted by atomic mass is 10.1. The molecule has 1 atom stereocenters. The predicted molar refractivity (Wildman–Crippen MR) is 77.0 cm³/mol. The van der Waals surface area contributed by atoms with E-state index in [0.29, 0.717) is 6.04 Å². The third-order valence-electron chi connectivity index (χ3n) is 3.18. The van der Waals surface area contributed by atoms with Crippen molar-refractivity contribution in [3.63, 3.8) is 0 Å². The lowest BCUT2D eigenvalue weighted by Gasteiger charge is -2.31. The van der Waals surface area contributed by atoms with Crippen LogP contribution < -0.4 is 5.32 Å². The maximum absolute atomic E-state index is 4.46. The number of nitrogens with zero attached hydrogens (tertiary/aromatic N) is 2. The van der Waals surface area contributed by atoms with Crippen molar-refractivity contribution in [1.29, 1.82) is 0 Å². The van der Waals surface area contributed by atoms with E-state index in [9.17, 15) is 0 Å². The van der Waals surface area contributed by atoms with Gasteiger partial charge in [0.25, 0.3) is 0 Å². The Bertz CT molecular complexity index is 378. The van der Waals surface area contributed by atoms with E-state index >= 15 is 0 Å². The highest BCUT2D eigenvalue weighted by molar-refractivity contribution is 9.11. The minimum atomic E-state index is 0.626. The maximum atomic E-state index is 4.46. The summed E-state index contributed by atoms with van der Waals surface area (Å²) < 4.78 is 2.08. The van der Waals surface area contributed by atoms with E-state index in [0.717, 1.165) is 34.3 Å². The van der Waals surface area contributed by atoms with Gasteiger partial charge in [-0.25, -0.2) is 0 Å². The fourth-order valence-corrected chi connectivity index (χ4v) is 3.25. The highest BCUT2D eigenvalue weighted by atomic mass is 79.9. The molecule has 1 aromatic rings. The highest BCUT2D eigenvalue weighted by Gasteiger charge is 2.18. The molecular weight excluding hydrogens is 346 g/mol. The molecule has 2 heterocycles. The highest BCUT2D eigenvalue weighted by Crippen LogP contribution is 2.21. The Morgan fingerprint density at radius 3 is 3.00 bits per heavy atom. The molecule has 2 rings (SSSR count). The van der Waals surface area contributed by atoms with Gasteiger partial charge in [0.15, 0.2) is 0 Å². The quantitative estimate of drug-likeness (QED) is 0.896. The lowest BCUT2D eigenvalue weighted by molar-refractivity contribution is 0.193. The van der Waals surface area contributed by atoms with Gasteiger partial charge >= 0.3 is 0 Å². The molecule has 1 aliphatic heterocycles. The van der Waals surface area contributed by atoms with Crippen molar-refractivity contribution in [2.24, 2.45) is 0 Å². The third kappa shape index (κ3) is 3.74. The Labute approximate surface area is 119 Å². The Hall–Kier alpha value is 0.0300. The van der Waals surface area contributed by atoms with Crippen LogP contribution in [0.2, 0.25) is 0 Å². The molecule has 1 aliphatic rings. The van der Waals surface area contributed by atoms with Crippen LogP contribution in [0.1, 0.15) is 18.5 Å². The second-order valence-electron chi connectivity index (χ2n) is 4.50. The topological polar surface area (TPSA) is 28.2 Å². The molecular formula is C12H17Br2N3. The molecule has 0 aliphatic carbocycles. The molecule has 1 aromatic heterocycles. The number of hydrogen-bond donors (Lipinski definition) is 1. The van der Waals surface area contributed by atoms with Crippen molar-refractivity contribution in [2.45, 2.75) is 25.4 Å². The van der Waals surface area contributed by atoms with Crippen molar-refractivity contribution in [3.05, 3.63) is 26.9 Å². The van der Waals surface area contributed by atoms with Crippen LogP contribution in [-0.2, 0) is 6.54 Å². The van der Waals surface area contributed by atoms with E-state index in [4.69, 9.17) is 0 Å². The molecule has 0 radical (unpaired) electrons. The van der Waals surface area contributed by atoms with Gasteiger partial charge in [0.05, 0.1) is 5.69 Å². The summed E-state index contributed by atoms with van der Waals surface area (Å²) in [5.74, 6) is 0. The number of pyridine rings is 1. The van der Waals surface area contributed by atoms with Crippen LogP contribution >= 0.6 is 31.9 Å². The first-order valence-corrected chi connectivity index (χ1v) is 7.46. The third-order valence-corrected chi connectivity index (χ3v) is 4.30. The van der Waals surface area contributed by atoms with Gasteiger partial charge in [-0.3, -0.25) is 9.88 Å². The summed E-state index contributed by atoms with van der Waals surface area (Å²) in [6, 6.07) is 2.68. The molecule has 0 aromatic carbocycles. The second kappa shape index (κ2) is 6.27. The smallest absolute Gasteiger partial charge is 0.0686 e. The fraction of sp³-hybridized carbons (Fsp3) is 0.583. The maximum Gasteiger partial charge on any atom is 0.0686 e. The zero-order valence-corrected chi connectivity index (χ0v) is 13.1. The molecule has 94 valence electrons. The number of halogens is 2. The van der Waals surface area contributed by atoms with Gasteiger partial charge < -0.3 is 5.32 Å². The molecule has 1 unspecified atom stereocenters. The summed E-state index contributed by atoms with van der Waals surface area (Å²) >= 11 is 6.99. The van der Waals surface area contributed by atoms with Crippen molar-refractivity contribution in [3.8, 4) is 0 Å². The number of rotatable bonds is 3. The van der Waals surface area contributed by atoms with Crippen LogP contribution in [0.3, 0.4) is 0 Å². The van der Waals surface area contributed by atoms with E-state index in [1.165, 1.54) is 12.8 Å². The lowest BCUT2D eigenvalue weighted by Crippen LogP contribution is -2.43. The largest absolute Gasteiger partial charge is 0.315 e. The zero-order chi connectivity index (χ0) is 12.3. The van der Waals surface area contributed by atoms with Gasteiger partial charge in [-0.1, -0.05) is 0 Å². The van der Waals surface area contributed by atoms with Crippen molar-refractivity contribution in [2.75, 3.05) is 20.1 Å².